The van der Waals surface area contributed by atoms with Gasteiger partial charge in [-0.25, -0.2) is 9.59 Å². The zero-order valence-corrected chi connectivity index (χ0v) is 12.5. The van der Waals surface area contributed by atoms with E-state index in [-0.39, 0.29) is 12.1 Å². The second kappa shape index (κ2) is 8.30. The number of carboxylic acids is 1. The first-order chi connectivity index (χ1) is 9.06. The van der Waals surface area contributed by atoms with Crippen LogP contribution in [0, 0.1) is 0 Å². The molecule has 19 heavy (non-hydrogen) atoms. The van der Waals surface area contributed by atoms with E-state index in [0.717, 1.165) is 32.1 Å². The van der Waals surface area contributed by atoms with Crippen LogP contribution in [-0.2, 0) is 4.79 Å². The van der Waals surface area contributed by atoms with Crippen molar-refractivity contribution in [1.29, 1.82) is 0 Å². The Bertz CT molecular complexity index is 304. The molecule has 0 radical (unpaired) electrons. The number of hydrogen-bond acceptors (Lipinski definition) is 3. The summed E-state index contributed by atoms with van der Waals surface area (Å²) in [4.78, 5) is 22.7. The van der Waals surface area contributed by atoms with Gasteiger partial charge in [-0.15, -0.1) is 0 Å². The van der Waals surface area contributed by atoms with Crippen LogP contribution in [-0.4, -0.2) is 40.7 Å². The number of carboxylic acid groups (broad SMARTS) is 1. The summed E-state index contributed by atoms with van der Waals surface area (Å²) < 4.78 is 0. The minimum atomic E-state index is -0.969. The zero-order valence-electron chi connectivity index (χ0n) is 11.6. The molecule has 0 aromatic rings. The molecule has 5 nitrogen and oxygen atoms in total. The van der Waals surface area contributed by atoms with Gasteiger partial charge in [-0.2, -0.15) is 11.8 Å². The molecular formula is C13H24N2O3S. The monoisotopic (exact) mass is 288 g/mol. The van der Waals surface area contributed by atoms with Crippen molar-refractivity contribution in [2.75, 3.05) is 6.26 Å². The highest BCUT2D eigenvalue weighted by Crippen LogP contribution is 2.26. The molecule has 0 heterocycles. The Balaban J connectivity index is 2.32. The lowest BCUT2D eigenvalue weighted by Gasteiger charge is -2.28. The molecule has 0 aliphatic heterocycles. The molecule has 3 N–H and O–H groups in total. The highest BCUT2D eigenvalue weighted by atomic mass is 32.2. The maximum atomic E-state index is 11.8. The minimum Gasteiger partial charge on any atom is -0.480 e. The second-order valence-corrected chi connectivity index (χ2v) is 6.14. The number of carbonyl (C=O) groups is 2. The quantitative estimate of drug-likeness (QED) is 0.700. The summed E-state index contributed by atoms with van der Waals surface area (Å²) in [5, 5.41) is 15.1. The number of rotatable bonds is 6. The van der Waals surface area contributed by atoms with Crippen molar-refractivity contribution in [2.45, 2.75) is 62.8 Å². The van der Waals surface area contributed by atoms with E-state index in [1.807, 2.05) is 18.7 Å². The number of carbonyl (C=O) groups excluding carboxylic acids is 1. The second-order valence-electron chi connectivity index (χ2n) is 5.01. The van der Waals surface area contributed by atoms with Gasteiger partial charge >= 0.3 is 12.0 Å². The summed E-state index contributed by atoms with van der Waals surface area (Å²) in [6.45, 7) is 1.90. The lowest BCUT2D eigenvalue weighted by molar-refractivity contribution is -0.139. The molecule has 0 aromatic carbocycles. The zero-order chi connectivity index (χ0) is 14.3. The topological polar surface area (TPSA) is 78.4 Å². The summed E-state index contributed by atoms with van der Waals surface area (Å²) in [5.74, 6) is -0.969. The van der Waals surface area contributed by atoms with Gasteiger partial charge in [-0.1, -0.05) is 13.3 Å². The van der Waals surface area contributed by atoms with Crippen LogP contribution in [0.3, 0.4) is 0 Å². The van der Waals surface area contributed by atoms with Crippen molar-refractivity contribution in [2.24, 2.45) is 0 Å². The van der Waals surface area contributed by atoms with Crippen LogP contribution >= 0.6 is 11.8 Å². The fraction of sp³-hybridized carbons (Fsp3) is 0.846. The highest BCUT2D eigenvalue weighted by Gasteiger charge is 2.24. The molecule has 1 fully saturated rings. The van der Waals surface area contributed by atoms with Gasteiger partial charge in [0.2, 0.25) is 0 Å². The van der Waals surface area contributed by atoms with Crippen molar-refractivity contribution < 1.29 is 14.7 Å². The Labute approximate surface area is 118 Å². The van der Waals surface area contributed by atoms with Crippen LogP contribution < -0.4 is 10.6 Å². The van der Waals surface area contributed by atoms with Crippen LogP contribution in [0.5, 0.6) is 0 Å². The fourth-order valence-electron chi connectivity index (χ4n) is 2.37. The van der Waals surface area contributed by atoms with Gasteiger partial charge in [0.1, 0.15) is 6.04 Å². The molecule has 110 valence electrons. The Morgan fingerprint density at radius 2 is 1.95 bits per heavy atom. The van der Waals surface area contributed by atoms with Crippen molar-refractivity contribution in [3.8, 4) is 0 Å². The van der Waals surface area contributed by atoms with E-state index >= 15 is 0 Å². The fourth-order valence-corrected chi connectivity index (χ4v) is 3.12. The summed E-state index contributed by atoms with van der Waals surface area (Å²) in [6.07, 6.45) is 7.49. The van der Waals surface area contributed by atoms with Gasteiger partial charge in [0, 0.05) is 11.3 Å². The molecule has 1 atom stereocenters. The van der Waals surface area contributed by atoms with Crippen LogP contribution in [0.25, 0.3) is 0 Å². The van der Waals surface area contributed by atoms with E-state index in [2.05, 4.69) is 16.9 Å². The highest BCUT2D eigenvalue weighted by molar-refractivity contribution is 7.99. The lowest BCUT2D eigenvalue weighted by atomic mass is 9.95. The number of amides is 2. The largest absolute Gasteiger partial charge is 0.480 e. The van der Waals surface area contributed by atoms with Gasteiger partial charge in [0.15, 0.2) is 0 Å². The van der Waals surface area contributed by atoms with Gasteiger partial charge in [0.25, 0.3) is 0 Å². The SMILES string of the molecule is CCC[C@H](NC(=O)NC1CCC(SC)CC1)C(=O)O. The number of aliphatic carboxylic acids is 1. The third-order valence-corrected chi connectivity index (χ3v) is 4.66. The van der Waals surface area contributed by atoms with Crippen LogP contribution in [0.4, 0.5) is 4.79 Å². The molecule has 0 spiro atoms. The Morgan fingerprint density at radius 1 is 1.32 bits per heavy atom. The number of hydrogen-bond donors (Lipinski definition) is 3. The van der Waals surface area contributed by atoms with Gasteiger partial charge < -0.3 is 15.7 Å². The van der Waals surface area contributed by atoms with Crippen LogP contribution in [0.1, 0.15) is 45.4 Å². The predicted molar refractivity (Wildman–Crippen MR) is 77.6 cm³/mol. The maximum Gasteiger partial charge on any atom is 0.326 e. The number of thioether (sulfide) groups is 1. The van der Waals surface area contributed by atoms with E-state index in [0.29, 0.717) is 11.7 Å². The van der Waals surface area contributed by atoms with Crippen LogP contribution in [0.2, 0.25) is 0 Å². The Morgan fingerprint density at radius 3 is 2.42 bits per heavy atom. The molecular weight excluding hydrogens is 264 g/mol. The molecule has 1 rings (SSSR count). The summed E-state index contributed by atoms with van der Waals surface area (Å²) in [7, 11) is 0. The van der Waals surface area contributed by atoms with E-state index < -0.39 is 12.0 Å². The van der Waals surface area contributed by atoms with Crippen LogP contribution in [0.15, 0.2) is 0 Å². The molecule has 1 aliphatic rings. The smallest absolute Gasteiger partial charge is 0.326 e. The maximum absolute atomic E-state index is 11.8. The average Bonchev–Trinajstić information content (AvgIpc) is 2.39. The van der Waals surface area contributed by atoms with Gasteiger partial charge in [-0.05, 0) is 38.4 Å². The summed E-state index contributed by atoms with van der Waals surface area (Å²) in [6, 6.07) is -0.958. The molecule has 0 unspecified atom stereocenters. The minimum absolute atomic E-state index is 0.180. The third kappa shape index (κ3) is 5.72. The summed E-state index contributed by atoms with van der Waals surface area (Å²) in [5.41, 5.74) is 0. The van der Waals surface area contributed by atoms with E-state index in [9.17, 15) is 9.59 Å². The number of urea groups is 1. The molecule has 2 amide bonds. The van der Waals surface area contributed by atoms with Gasteiger partial charge in [-0.3, -0.25) is 0 Å². The van der Waals surface area contributed by atoms with Crippen molar-refractivity contribution >= 4 is 23.8 Å². The van der Waals surface area contributed by atoms with Crippen molar-refractivity contribution in [3.63, 3.8) is 0 Å². The Kier molecular flexibility index (Phi) is 7.05. The molecule has 0 saturated heterocycles. The third-order valence-electron chi connectivity index (χ3n) is 3.52. The average molecular weight is 288 g/mol. The molecule has 0 aromatic heterocycles. The first-order valence-electron chi connectivity index (χ1n) is 6.89. The van der Waals surface area contributed by atoms with E-state index in [1.54, 1.807) is 0 Å². The standard InChI is InChI=1S/C13H24N2O3S/c1-3-4-11(12(16)17)15-13(18)14-9-5-7-10(19-2)8-6-9/h9-11H,3-8H2,1-2H3,(H,16,17)(H2,14,15,18)/t9?,10?,11-/m0/s1. The van der Waals surface area contributed by atoms with Crippen molar-refractivity contribution in [1.82, 2.24) is 10.6 Å². The molecule has 1 aliphatic carbocycles. The van der Waals surface area contributed by atoms with Crippen molar-refractivity contribution in [3.05, 3.63) is 0 Å². The van der Waals surface area contributed by atoms with E-state index in [1.165, 1.54) is 0 Å². The predicted octanol–water partition coefficient (Wildman–Crippen LogP) is 2.21. The van der Waals surface area contributed by atoms with E-state index in [4.69, 9.17) is 5.11 Å². The summed E-state index contributed by atoms with van der Waals surface area (Å²) >= 11 is 1.88. The van der Waals surface area contributed by atoms with Gasteiger partial charge in [0.05, 0.1) is 0 Å². The normalized spacial score (nSPS) is 24.5. The first-order valence-corrected chi connectivity index (χ1v) is 8.18. The molecule has 0 bridgehead atoms. The Hall–Kier alpha value is -0.910. The molecule has 6 heteroatoms. The number of nitrogens with one attached hydrogen (secondary N) is 2. The lowest BCUT2D eigenvalue weighted by Crippen LogP contribution is -2.49. The first kappa shape index (κ1) is 16.1. The molecule has 1 saturated carbocycles.